The molecule has 20 heavy (non-hydrogen) atoms. The van der Waals surface area contributed by atoms with Gasteiger partial charge in [-0.15, -0.1) is 0 Å². The van der Waals surface area contributed by atoms with Crippen molar-refractivity contribution in [3.8, 4) is 0 Å². The number of carboxylic acids is 1. The van der Waals surface area contributed by atoms with Gasteiger partial charge in [-0.25, -0.2) is 19.6 Å². The molecule has 2 rings (SSSR count). The summed E-state index contributed by atoms with van der Waals surface area (Å²) in [5, 5.41) is 13.9. The van der Waals surface area contributed by atoms with Crippen molar-refractivity contribution in [1.82, 2.24) is 20.3 Å². The fourth-order valence-corrected chi connectivity index (χ4v) is 1.50. The third-order valence-corrected chi connectivity index (χ3v) is 2.44. The molecule has 4 N–H and O–H groups in total. The molecule has 0 aliphatic rings. The van der Waals surface area contributed by atoms with Crippen molar-refractivity contribution < 1.29 is 14.7 Å². The highest BCUT2D eigenvalue weighted by Gasteiger charge is 2.05. The van der Waals surface area contributed by atoms with Crippen LogP contribution in [-0.2, 0) is 6.42 Å². The Morgan fingerprint density at radius 1 is 1.30 bits per heavy atom. The third kappa shape index (κ3) is 3.80. The number of nitrogens with one attached hydrogen (secondary N) is 3. The first-order chi connectivity index (χ1) is 9.65. The Morgan fingerprint density at radius 2 is 2.15 bits per heavy atom. The summed E-state index contributed by atoms with van der Waals surface area (Å²) < 4.78 is 0. The number of nitrogens with zero attached hydrogens (tertiary/aromatic N) is 2. The second kappa shape index (κ2) is 6.32. The van der Waals surface area contributed by atoms with Crippen LogP contribution in [0.1, 0.15) is 16.3 Å². The third-order valence-electron chi connectivity index (χ3n) is 2.44. The van der Waals surface area contributed by atoms with Crippen LogP contribution in [0.2, 0.25) is 0 Å². The first kappa shape index (κ1) is 13.5. The van der Waals surface area contributed by atoms with Crippen molar-refractivity contribution in [2.75, 3.05) is 11.9 Å². The van der Waals surface area contributed by atoms with Gasteiger partial charge in [-0.05, 0) is 12.1 Å². The number of H-pyrrole nitrogens is 1. The van der Waals surface area contributed by atoms with Crippen molar-refractivity contribution in [3.63, 3.8) is 0 Å². The molecule has 0 spiro atoms. The molecule has 2 aromatic rings. The van der Waals surface area contributed by atoms with E-state index in [1.54, 1.807) is 12.4 Å². The van der Waals surface area contributed by atoms with Crippen molar-refractivity contribution >= 4 is 17.7 Å². The molecule has 0 aliphatic carbocycles. The number of amides is 2. The fraction of sp³-hybridized carbons (Fsp3) is 0.167. The van der Waals surface area contributed by atoms with Crippen LogP contribution < -0.4 is 10.6 Å². The van der Waals surface area contributed by atoms with Gasteiger partial charge in [-0.3, -0.25) is 0 Å². The van der Waals surface area contributed by atoms with Gasteiger partial charge < -0.3 is 20.7 Å². The molecule has 0 saturated heterocycles. The number of aromatic carboxylic acids is 1. The molecule has 2 aromatic heterocycles. The summed E-state index contributed by atoms with van der Waals surface area (Å²) in [4.78, 5) is 32.8. The normalized spacial score (nSPS) is 10.0. The zero-order valence-corrected chi connectivity index (χ0v) is 10.5. The van der Waals surface area contributed by atoms with E-state index in [0.29, 0.717) is 18.7 Å². The number of hydrogen-bond acceptors (Lipinski definition) is 4. The molecule has 0 unspecified atom stereocenters. The molecule has 0 radical (unpaired) electrons. The van der Waals surface area contributed by atoms with Crippen molar-refractivity contribution in [2.45, 2.75) is 6.42 Å². The lowest BCUT2D eigenvalue weighted by Gasteiger charge is -2.06. The Labute approximate surface area is 114 Å². The molecule has 0 fully saturated rings. The monoisotopic (exact) mass is 275 g/mol. The highest BCUT2D eigenvalue weighted by atomic mass is 16.4. The number of carbonyl (C=O) groups is 2. The van der Waals surface area contributed by atoms with E-state index >= 15 is 0 Å². The Bertz CT molecular complexity index is 580. The van der Waals surface area contributed by atoms with Crippen LogP contribution in [0, 0.1) is 0 Å². The minimum absolute atomic E-state index is 0.0752. The first-order valence-electron chi connectivity index (χ1n) is 5.87. The van der Waals surface area contributed by atoms with Gasteiger partial charge in [-0.1, -0.05) is 0 Å². The van der Waals surface area contributed by atoms with Crippen LogP contribution in [0.3, 0.4) is 0 Å². The molecule has 104 valence electrons. The van der Waals surface area contributed by atoms with Crippen LogP contribution in [0.5, 0.6) is 0 Å². The van der Waals surface area contributed by atoms with Crippen molar-refractivity contribution in [3.05, 3.63) is 42.2 Å². The molecule has 8 heteroatoms. The summed E-state index contributed by atoms with van der Waals surface area (Å²) >= 11 is 0. The van der Waals surface area contributed by atoms with Gasteiger partial charge in [0, 0.05) is 25.4 Å². The van der Waals surface area contributed by atoms with E-state index in [-0.39, 0.29) is 11.7 Å². The average molecular weight is 275 g/mol. The maximum Gasteiger partial charge on any atom is 0.354 e. The van der Waals surface area contributed by atoms with E-state index in [4.69, 9.17) is 5.11 Å². The summed E-state index contributed by atoms with van der Waals surface area (Å²) in [6.07, 6.45) is 5.24. The number of anilines is 1. The van der Waals surface area contributed by atoms with Crippen molar-refractivity contribution in [2.24, 2.45) is 0 Å². The minimum atomic E-state index is -1.11. The lowest BCUT2D eigenvalue weighted by atomic mass is 10.3. The predicted octanol–water partition coefficient (Wildman–Crippen LogP) is 0.867. The van der Waals surface area contributed by atoms with Crippen LogP contribution >= 0.6 is 0 Å². The molecule has 8 nitrogen and oxygen atoms in total. The molecule has 2 amide bonds. The summed E-state index contributed by atoms with van der Waals surface area (Å²) in [6, 6.07) is 2.41. The number of aromatic amines is 1. The Kier molecular flexibility index (Phi) is 4.28. The maximum absolute atomic E-state index is 11.6. The molecular formula is C12H13N5O3. The van der Waals surface area contributed by atoms with Gasteiger partial charge in [0.05, 0.1) is 11.9 Å². The van der Waals surface area contributed by atoms with Gasteiger partial charge >= 0.3 is 12.0 Å². The number of carbonyl (C=O) groups excluding carboxylic acids is 1. The highest BCUT2D eigenvalue weighted by molar-refractivity contribution is 5.90. The molecule has 0 bridgehead atoms. The second-order valence-corrected chi connectivity index (χ2v) is 3.90. The van der Waals surface area contributed by atoms with E-state index in [1.165, 1.54) is 18.3 Å². The number of aromatic nitrogens is 3. The number of rotatable bonds is 5. The summed E-state index contributed by atoms with van der Waals surface area (Å²) in [6.45, 7) is 0.431. The molecule has 0 aliphatic heterocycles. The second-order valence-electron chi connectivity index (χ2n) is 3.90. The van der Waals surface area contributed by atoms with E-state index in [2.05, 4.69) is 25.6 Å². The maximum atomic E-state index is 11.6. The predicted molar refractivity (Wildman–Crippen MR) is 70.5 cm³/mol. The van der Waals surface area contributed by atoms with E-state index < -0.39 is 5.97 Å². The lowest BCUT2D eigenvalue weighted by molar-refractivity contribution is 0.0690. The molecule has 0 aromatic carbocycles. The minimum Gasteiger partial charge on any atom is -0.477 e. The first-order valence-corrected chi connectivity index (χ1v) is 5.87. The number of urea groups is 1. The molecular weight excluding hydrogens is 262 g/mol. The van der Waals surface area contributed by atoms with E-state index in [1.807, 2.05) is 0 Å². The van der Waals surface area contributed by atoms with Gasteiger partial charge in [0.15, 0.2) is 0 Å². The SMILES string of the molecule is O=C(NCCc1ncc[nH]1)Nc1ccc(C(=O)O)nc1. The van der Waals surface area contributed by atoms with Gasteiger partial charge in [0.25, 0.3) is 0 Å². The zero-order chi connectivity index (χ0) is 14.4. The Balaban J connectivity index is 1.77. The van der Waals surface area contributed by atoms with Crippen LogP contribution in [0.15, 0.2) is 30.7 Å². The van der Waals surface area contributed by atoms with Gasteiger partial charge in [0.1, 0.15) is 11.5 Å². The quantitative estimate of drug-likeness (QED) is 0.645. The molecule has 2 heterocycles. The van der Waals surface area contributed by atoms with Gasteiger partial charge in [-0.2, -0.15) is 0 Å². The van der Waals surface area contributed by atoms with E-state index in [0.717, 1.165) is 5.82 Å². The fourth-order valence-electron chi connectivity index (χ4n) is 1.50. The average Bonchev–Trinajstić information content (AvgIpc) is 2.92. The summed E-state index contributed by atoms with van der Waals surface area (Å²) in [5.41, 5.74) is 0.347. The largest absolute Gasteiger partial charge is 0.477 e. The molecule has 0 saturated carbocycles. The smallest absolute Gasteiger partial charge is 0.354 e. The zero-order valence-electron chi connectivity index (χ0n) is 10.5. The standard InChI is InChI=1S/C12H13N5O3/c18-11(19)9-2-1-8(7-16-9)17-12(20)15-4-3-10-13-5-6-14-10/h1-2,5-7H,3-4H2,(H,13,14)(H,18,19)(H2,15,17,20). The summed E-state index contributed by atoms with van der Waals surface area (Å²) in [7, 11) is 0. The topological polar surface area (TPSA) is 120 Å². The number of imidazole rings is 1. The number of carboxylic acid groups (broad SMARTS) is 1. The van der Waals surface area contributed by atoms with Crippen LogP contribution in [0.4, 0.5) is 10.5 Å². The molecule has 0 atom stereocenters. The van der Waals surface area contributed by atoms with Crippen LogP contribution in [-0.4, -0.2) is 38.6 Å². The lowest BCUT2D eigenvalue weighted by Crippen LogP contribution is -2.30. The number of hydrogen-bond donors (Lipinski definition) is 4. The highest BCUT2D eigenvalue weighted by Crippen LogP contribution is 2.05. The van der Waals surface area contributed by atoms with Crippen molar-refractivity contribution in [1.29, 1.82) is 0 Å². The van der Waals surface area contributed by atoms with Crippen LogP contribution in [0.25, 0.3) is 0 Å². The number of pyridine rings is 1. The van der Waals surface area contributed by atoms with E-state index in [9.17, 15) is 9.59 Å². The Morgan fingerprint density at radius 3 is 2.75 bits per heavy atom. The van der Waals surface area contributed by atoms with Gasteiger partial charge in [0.2, 0.25) is 0 Å². The Hall–Kier alpha value is -2.90. The summed E-state index contributed by atoms with van der Waals surface area (Å²) in [5.74, 6) is -0.322.